The lowest BCUT2D eigenvalue weighted by Crippen LogP contribution is -2.35. The van der Waals surface area contributed by atoms with Crippen LogP contribution in [0.2, 0.25) is 0 Å². The molecule has 0 aromatic heterocycles. The minimum atomic E-state index is 0.192. The monoisotopic (exact) mass is 179 g/mol. The number of carbonyl (C=O) groups excluding carboxylic acids is 1. The van der Waals surface area contributed by atoms with Gasteiger partial charge in [-0.15, -0.1) is 0 Å². The number of ether oxygens (including phenoxy) is 1. The second kappa shape index (κ2) is 3.75. The molecule has 2 rings (SSSR count). The van der Waals surface area contributed by atoms with Crippen LogP contribution in [0.1, 0.15) is 6.42 Å². The molecule has 0 amide bonds. The smallest absolute Gasteiger partial charge is 0.159 e. The van der Waals surface area contributed by atoms with E-state index in [1.165, 1.54) is 5.70 Å². The van der Waals surface area contributed by atoms with Gasteiger partial charge in [-0.05, 0) is 12.2 Å². The molecule has 0 unspecified atom stereocenters. The summed E-state index contributed by atoms with van der Waals surface area (Å²) in [5.74, 6) is 0.192. The van der Waals surface area contributed by atoms with Crippen LogP contribution in [-0.2, 0) is 9.53 Å². The molecule has 3 nitrogen and oxygen atoms in total. The minimum absolute atomic E-state index is 0.192. The first-order valence-corrected chi connectivity index (χ1v) is 4.60. The molecule has 0 spiro atoms. The molecule has 1 aliphatic carbocycles. The highest BCUT2D eigenvalue weighted by molar-refractivity contribution is 5.92. The normalized spacial score (nSPS) is 23.2. The Morgan fingerprint density at radius 2 is 2.00 bits per heavy atom. The average molecular weight is 179 g/mol. The van der Waals surface area contributed by atoms with Gasteiger partial charge in [0, 0.05) is 25.2 Å². The van der Waals surface area contributed by atoms with Crippen LogP contribution < -0.4 is 0 Å². The number of nitrogens with zero attached hydrogens (tertiary/aromatic N) is 1. The highest BCUT2D eigenvalue weighted by Crippen LogP contribution is 2.13. The van der Waals surface area contributed by atoms with Crippen molar-refractivity contribution < 1.29 is 9.53 Å². The van der Waals surface area contributed by atoms with Crippen molar-refractivity contribution in [2.45, 2.75) is 6.42 Å². The third kappa shape index (κ3) is 1.98. The number of rotatable bonds is 1. The zero-order valence-corrected chi connectivity index (χ0v) is 7.53. The highest BCUT2D eigenvalue weighted by Gasteiger charge is 2.13. The maximum absolute atomic E-state index is 10.9. The zero-order valence-electron chi connectivity index (χ0n) is 7.53. The van der Waals surface area contributed by atoms with E-state index in [4.69, 9.17) is 4.74 Å². The van der Waals surface area contributed by atoms with Crippen LogP contribution in [0.3, 0.4) is 0 Å². The number of carbonyl (C=O) groups is 1. The van der Waals surface area contributed by atoms with Gasteiger partial charge >= 0.3 is 0 Å². The molecule has 0 bridgehead atoms. The van der Waals surface area contributed by atoms with E-state index in [-0.39, 0.29) is 5.78 Å². The lowest BCUT2D eigenvalue weighted by Gasteiger charge is -2.30. The number of morpholine rings is 1. The molecule has 70 valence electrons. The summed E-state index contributed by atoms with van der Waals surface area (Å²) in [5, 5.41) is 0. The Morgan fingerprint density at radius 3 is 2.62 bits per heavy atom. The molecule has 1 saturated heterocycles. The van der Waals surface area contributed by atoms with Gasteiger partial charge in [0.15, 0.2) is 5.78 Å². The van der Waals surface area contributed by atoms with Crippen molar-refractivity contribution in [3.63, 3.8) is 0 Å². The molecule has 3 heteroatoms. The highest BCUT2D eigenvalue weighted by atomic mass is 16.5. The molecule has 1 fully saturated rings. The van der Waals surface area contributed by atoms with E-state index in [0.717, 1.165) is 26.3 Å². The summed E-state index contributed by atoms with van der Waals surface area (Å²) in [6, 6.07) is 0. The fourth-order valence-electron chi connectivity index (χ4n) is 1.58. The number of ketones is 1. The molecule has 0 N–H and O–H groups in total. The molecule has 0 saturated carbocycles. The Labute approximate surface area is 77.7 Å². The Balaban J connectivity index is 2.00. The molecular weight excluding hydrogens is 166 g/mol. The van der Waals surface area contributed by atoms with Crippen LogP contribution in [0.15, 0.2) is 23.9 Å². The van der Waals surface area contributed by atoms with Crippen molar-refractivity contribution in [2.75, 3.05) is 26.3 Å². The van der Waals surface area contributed by atoms with E-state index in [2.05, 4.69) is 4.90 Å². The van der Waals surface area contributed by atoms with E-state index in [9.17, 15) is 4.79 Å². The van der Waals surface area contributed by atoms with Gasteiger partial charge in [-0.1, -0.05) is 6.08 Å². The van der Waals surface area contributed by atoms with E-state index >= 15 is 0 Å². The van der Waals surface area contributed by atoms with Gasteiger partial charge in [0.1, 0.15) is 0 Å². The first kappa shape index (κ1) is 8.51. The number of hydrogen-bond acceptors (Lipinski definition) is 3. The standard InChI is InChI=1S/C10H13NO2/c12-10-3-1-9(2-4-10)11-5-7-13-8-6-11/h1-3H,4-8H2. The van der Waals surface area contributed by atoms with Crippen molar-refractivity contribution in [2.24, 2.45) is 0 Å². The third-order valence-corrected chi connectivity index (χ3v) is 2.33. The SMILES string of the molecule is O=C1C=CC(N2CCOCC2)=CC1. The van der Waals surface area contributed by atoms with Gasteiger partial charge in [0.05, 0.1) is 13.2 Å². The molecule has 2 aliphatic rings. The molecular formula is C10H13NO2. The number of allylic oxidation sites excluding steroid dienone is 3. The van der Waals surface area contributed by atoms with E-state index in [0.29, 0.717) is 6.42 Å². The van der Waals surface area contributed by atoms with Crippen molar-refractivity contribution in [3.8, 4) is 0 Å². The van der Waals surface area contributed by atoms with Crippen molar-refractivity contribution >= 4 is 5.78 Å². The maximum Gasteiger partial charge on any atom is 0.159 e. The lowest BCUT2D eigenvalue weighted by atomic mass is 10.1. The molecule has 0 aromatic carbocycles. The van der Waals surface area contributed by atoms with Gasteiger partial charge in [-0.25, -0.2) is 0 Å². The second-order valence-electron chi connectivity index (χ2n) is 3.23. The second-order valence-corrected chi connectivity index (χ2v) is 3.23. The van der Waals surface area contributed by atoms with Crippen molar-refractivity contribution in [1.82, 2.24) is 4.90 Å². The van der Waals surface area contributed by atoms with Crippen LogP contribution in [0.5, 0.6) is 0 Å². The van der Waals surface area contributed by atoms with Crippen molar-refractivity contribution in [1.29, 1.82) is 0 Å². The Bertz CT molecular complexity index is 262. The Morgan fingerprint density at radius 1 is 1.23 bits per heavy atom. The molecule has 1 aliphatic heterocycles. The van der Waals surface area contributed by atoms with Crippen LogP contribution in [0.25, 0.3) is 0 Å². The predicted octanol–water partition coefficient (Wildman–Crippen LogP) is 0.731. The fraction of sp³-hybridized carbons (Fsp3) is 0.500. The van der Waals surface area contributed by atoms with E-state index in [1.807, 2.05) is 12.2 Å². The van der Waals surface area contributed by atoms with Gasteiger partial charge in [0.2, 0.25) is 0 Å². The topological polar surface area (TPSA) is 29.5 Å². The summed E-state index contributed by atoms with van der Waals surface area (Å²) < 4.78 is 5.25. The van der Waals surface area contributed by atoms with Crippen LogP contribution >= 0.6 is 0 Å². The molecule has 0 aromatic rings. The van der Waals surface area contributed by atoms with Gasteiger partial charge in [-0.3, -0.25) is 4.79 Å². The van der Waals surface area contributed by atoms with Gasteiger partial charge in [0.25, 0.3) is 0 Å². The fourth-order valence-corrected chi connectivity index (χ4v) is 1.58. The van der Waals surface area contributed by atoms with Gasteiger partial charge < -0.3 is 9.64 Å². The van der Waals surface area contributed by atoms with Crippen LogP contribution in [-0.4, -0.2) is 37.0 Å². The Kier molecular flexibility index (Phi) is 2.45. The summed E-state index contributed by atoms with van der Waals surface area (Å²) in [6.45, 7) is 3.45. The van der Waals surface area contributed by atoms with Crippen molar-refractivity contribution in [3.05, 3.63) is 23.9 Å². The maximum atomic E-state index is 10.9. The summed E-state index contributed by atoms with van der Waals surface area (Å²) in [6.07, 6.45) is 6.10. The molecule has 0 radical (unpaired) electrons. The summed E-state index contributed by atoms with van der Waals surface area (Å²) in [4.78, 5) is 13.2. The zero-order chi connectivity index (χ0) is 9.10. The molecule has 1 heterocycles. The summed E-state index contributed by atoms with van der Waals surface area (Å²) in [5.41, 5.74) is 1.17. The van der Waals surface area contributed by atoms with E-state index in [1.54, 1.807) is 6.08 Å². The summed E-state index contributed by atoms with van der Waals surface area (Å²) >= 11 is 0. The number of hydrogen-bond donors (Lipinski definition) is 0. The summed E-state index contributed by atoms with van der Waals surface area (Å²) in [7, 11) is 0. The Hall–Kier alpha value is -1.09. The first-order chi connectivity index (χ1) is 6.36. The largest absolute Gasteiger partial charge is 0.378 e. The van der Waals surface area contributed by atoms with Gasteiger partial charge in [-0.2, -0.15) is 0 Å². The quantitative estimate of drug-likeness (QED) is 0.594. The average Bonchev–Trinajstić information content (AvgIpc) is 2.20. The predicted molar refractivity (Wildman–Crippen MR) is 49.2 cm³/mol. The molecule has 0 atom stereocenters. The molecule has 13 heavy (non-hydrogen) atoms. The first-order valence-electron chi connectivity index (χ1n) is 4.60. The van der Waals surface area contributed by atoms with Crippen LogP contribution in [0.4, 0.5) is 0 Å². The lowest BCUT2D eigenvalue weighted by molar-refractivity contribution is -0.114. The third-order valence-electron chi connectivity index (χ3n) is 2.33. The van der Waals surface area contributed by atoms with Crippen LogP contribution in [0, 0.1) is 0 Å². The minimum Gasteiger partial charge on any atom is -0.378 e. The van der Waals surface area contributed by atoms with E-state index < -0.39 is 0 Å².